The van der Waals surface area contributed by atoms with Crippen molar-refractivity contribution < 1.29 is 23.5 Å². The Kier molecular flexibility index (Phi) is 145. The zero-order valence-corrected chi connectivity index (χ0v) is 37.2. The first kappa shape index (κ1) is 54.1. The summed E-state index contributed by atoms with van der Waals surface area (Å²) in [6, 6.07) is 0. The normalized spacial score (nSPS) is 7.38. The quantitative estimate of drug-likeness (QED) is 0.147. The molecule has 0 aliphatic rings. The van der Waals surface area contributed by atoms with Gasteiger partial charge in [0.25, 0.3) is 0 Å². The fraction of sp³-hybridized carbons (Fsp3) is 0.875. The van der Waals surface area contributed by atoms with Gasteiger partial charge in [-0.05, 0) is 17.3 Å². The Bertz CT molecular complexity index is 117. The van der Waals surface area contributed by atoms with E-state index >= 15 is 0 Å². The van der Waals surface area contributed by atoms with Gasteiger partial charge < -0.3 is 29.5 Å². The molecule has 0 bridgehead atoms. The van der Waals surface area contributed by atoms with Gasteiger partial charge in [0, 0.05) is 22.5 Å². The molecule has 0 saturated carbocycles. The summed E-state index contributed by atoms with van der Waals surface area (Å²) in [5.74, 6) is 0. The summed E-state index contributed by atoms with van der Waals surface area (Å²) in [4.78, 5) is -0.278. The summed E-state index contributed by atoms with van der Waals surface area (Å²) in [5, 5.41) is 0. The maximum absolute atomic E-state index is 3.25. The minimum absolute atomic E-state index is 0. The summed E-state index contributed by atoms with van der Waals surface area (Å²) < 4.78 is 4.89. The van der Waals surface area contributed by atoms with Gasteiger partial charge in [-0.25, -0.2) is 0 Å². The molecule has 10 heteroatoms. The second-order valence-electron chi connectivity index (χ2n) is 3.62. The Labute approximate surface area is 285 Å². The van der Waals surface area contributed by atoms with E-state index in [1.54, 1.807) is 6.92 Å². The summed E-state index contributed by atoms with van der Waals surface area (Å²) in [5.41, 5.74) is 0. The Balaban J connectivity index is -0.0000000245. The van der Waals surface area contributed by atoms with Crippen molar-refractivity contribution in [2.75, 3.05) is 4.43 Å². The Hall–Kier alpha value is 7.01. The maximum atomic E-state index is 3.25. The van der Waals surface area contributed by atoms with Gasteiger partial charge in [0.15, 0.2) is 0 Å². The van der Waals surface area contributed by atoms with E-state index in [9.17, 15) is 0 Å². The average Bonchev–Trinajstić information content (AvgIpc) is 2.50. The molecule has 26 heavy (non-hydrogen) atoms. The van der Waals surface area contributed by atoms with Crippen LogP contribution < -0.4 is 0 Å². The van der Waals surface area contributed by atoms with Gasteiger partial charge in [-0.3, -0.25) is 4.43 Å². The Morgan fingerprint density at radius 1 is 0.923 bits per heavy atom. The van der Waals surface area contributed by atoms with E-state index in [-0.39, 0.29) is 23.5 Å². The standard InChI is InChI=1S/C3H6I2.2C3H7I.C3H8.C2H4I.C2H5.3HI.2V/c1-2-3(4)5;1-3(2)4;1-2-3-4;1-3-2;1-2-3;1-2;;;;;/h3H,2H2,1H3;3H,1-2H3;2-3H2,1H3;3H2,1-2H3;2H,1H3;1H2,2H3;3*1H;;/q;;;;2*-1;;;;;+3/p-3. The molecule has 0 saturated heterocycles. The summed E-state index contributed by atoms with van der Waals surface area (Å²) in [6.07, 6.45) is 3.84. The number of alkyl halides is 4. The van der Waals surface area contributed by atoms with E-state index in [0.717, 1.165) is 5.86 Å². The van der Waals surface area contributed by atoms with Crippen LogP contribution in [-0.4, -0.2) is 10.3 Å². The minimum atomic E-state index is -0.278. The van der Waals surface area contributed by atoms with Crippen molar-refractivity contribution >= 4 is 173 Å². The fourth-order valence-electron chi connectivity index (χ4n) is 0. The second-order valence-corrected chi connectivity index (χ2v) is 49.2. The molecule has 0 rings (SSSR count). The first-order valence-corrected chi connectivity index (χ1v) is 27.8. The van der Waals surface area contributed by atoms with E-state index in [4.69, 9.17) is 0 Å². The molecule has 0 aromatic carbocycles. The minimum Gasteiger partial charge on any atom is 0 e. The van der Waals surface area contributed by atoms with Crippen molar-refractivity contribution in [1.29, 1.82) is 0 Å². The first-order chi connectivity index (χ1) is 11.5. The molecule has 0 atom stereocenters. The zero-order valence-electron chi connectivity index (χ0n) is 17.2. The van der Waals surface area contributed by atoms with Crippen LogP contribution in [0.25, 0.3) is 0 Å². The van der Waals surface area contributed by atoms with Crippen molar-refractivity contribution in [3.8, 4) is 0 Å². The van der Waals surface area contributed by atoms with Gasteiger partial charge in [0.2, 0.25) is 0 Å². The largest absolute Gasteiger partial charge is 0 e. The summed E-state index contributed by atoms with van der Waals surface area (Å²) in [7, 11) is 0. The SMILES string of the molecule is CC(C)I.CCC.CCC(I)I.CCCI.C[CH-]I.[CH2-]C.[I][V]([I])[I].[V]. The molecule has 0 N–H and O–H groups in total. The van der Waals surface area contributed by atoms with Crippen molar-refractivity contribution in [2.45, 2.75) is 80.5 Å². The van der Waals surface area contributed by atoms with Crippen LogP contribution in [-0.2, 0) is 23.5 Å². The van der Waals surface area contributed by atoms with Gasteiger partial charge in [0.05, 0.1) is 1.93 Å². The molecule has 0 aliphatic heterocycles. The number of rotatable bonds is 2. The Morgan fingerprint density at radius 2 is 1.00 bits per heavy atom. The number of halogens is 8. The van der Waals surface area contributed by atoms with Gasteiger partial charge >= 0.3 is 64.9 Å². The molecule has 0 fully saturated rings. The molecular formula is C16H37I8V2-2. The van der Waals surface area contributed by atoms with Crippen molar-refractivity contribution in [1.82, 2.24) is 0 Å². The Morgan fingerprint density at radius 3 is 1.00 bits per heavy atom. The van der Waals surface area contributed by atoms with Crippen LogP contribution in [0, 0.1) is 11.4 Å². The average molecular weight is 1350 g/mol. The molecule has 0 nitrogen and oxygen atoms in total. The third-order valence-corrected chi connectivity index (χ3v) is 3.34. The summed E-state index contributed by atoms with van der Waals surface area (Å²) in [6.45, 7) is 19.9. The third kappa shape index (κ3) is 279. The third-order valence-electron chi connectivity index (χ3n) is 0.498. The van der Waals surface area contributed by atoms with Crippen LogP contribution in [0.2, 0.25) is 0 Å². The van der Waals surface area contributed by atoms with Crippen molar-refractivity contribution in [3.05, 3.63) is 11.4 Å². The molecule has 0 amide bonds. The molecular weight excluding hydrogens is 1310 g/mol. The molecule has 0 spiro atoms. The molecule has 0 unspecified atom stereocenters. The molecule has 0 aromatic heterocycles. The smallest absolute Gasteiger partial charge is 0 e. The first-order valence-electron chi connectivity index (χ1n) is 7.82. The summed E-state index contributed by atoms with van der Waals surface area (Å²) >= 11 is 19.0. The molecule has 0 aliphatic carbocycles. The van der Waals surface area contributed by atoms with Crippen molar-refractivity contribution in [2.24, 2.45) is 0 Å². The molecule has 0 heterocycles. The second kappa shape index (κ2) is 69.7. The predicted octanol–water partition coefficient (Wildman–Crippen LogP) is 12.8. The fourth-order valence-corrected chi connectivity index (χ4v) is 0. The molecule has 0 aromatic rings. The number of hydrogen-bond acceptors (Lipinski definition) is 0. The van der Waals surface area contributed by atoms with E-state index in [1.165, 1.54) is 23.7 Å². The topological polar surface area (TPSA) is 0 Å². The molecule has 169 valence electrons. The zero-order chi connectivity index (χ0) is 22.3. The maximum Gasteiger partial charge on any atom is 0 e. The van der Waals surface area contributed by atoms with Gasteiger partial charge in [-0.15, -0.1) is 0 Å². The van der Waals surface area contributed by atoms with Crippen LogP contribution in [0.4, 0.5) is 0 Å². The predicted molar refractivity (Wildman–Crippen MR) is 194 cm³/mol. The van der Waals surface area contributed by atoms with Gasteiger partial charge in [0.1, 0.15) is 0 Å². The van der Waals surface area contributed by atoms with Crippen LogP contribution >= 0.6 is 173 Å². The van der Waals surface area contributed by atoms with E-state index in [0.29, 0.717) is 0 Å². The van der Waals surface area contributed by atoms with E-state index in [2.05, 4.69) is 221 Å². The van der Waals surface area contributed by atoms with Crippen LogP contribution in [0.1, 0.15) is 74.7 Å². The van der Waals surface area contributed by atoms with E-state index < -0.39 is 0 Å². The van der Waals surface area contributed by atoms with Crippen LogP contribution in [0.15, 0.2) is 0 Å². The van der Waals surface area contributed by atoms with Crippen molar-refractivity contribution in [3.63, 3.8) is 0 Å². The van der Waals surface area contributed by atoms with E-state index in [1.807, 2.05) is 11.4 Å². The van der Waals surface area contributed by atoms with Crippen LogP contribution in [0.5, 0.6) is 0 Å². The monoisotopic (exact) mass is 1350 g/mol. The van der Waals surface area contributed by atoms with Gasteiger partial charge in [-0.1, -0.05) is 138 Å². The molecule has 1 radical (unpaired) electrons. The number of hydrogen-bond donors (Lipinski definition) is 0. The van der Waals surface area contributed by atoms with Crippen LogP contribution in [0.3, 0.4) is 0 Å². The van der Waals surface area contributed by atoms with Gasteiger partial charge in [-0.2, -0.15) is 13.8 Å².